The molecule has 0 unspecified atom stereocenters. The summed E-state index contributed by atoms with van der Waals surface area (Å²) in [5, 5.41) is 0.514. The molecule has 2 heterocycles. The van der Waals surface area contributed by atoms with E-state index in [-0.39, 0.29) is 17.7 Å². The van der Waals surface area contributed by atoms with Crippen molar-refractivity contribution < 1.29 is 19.0 Å². The molecule has 1 aromatic heterocycles. The molecule has 39 heavy (non-hydrogen) atoms. The van der Waals surface area contributed by atoms with E-state index in [0.29, 0.717) is 42.7 Å². The Labute approximate surface area is 233 Å². The van der Waals surface area contributed by atoms with Gasteiger partial charge in [-0.3, -0.25) is 9.36 Å². The van der Waals surface area contributed by atoms with Gasteiger partial charge in [-0.25, -0.2) is 9.79 Å². The van der Waals surface area contributed by atoms with Gasteiger partial charge in [0.05, 0.1) is 42.7 Å². The first kappa shape index (κ1) is 26.5. The van der Waals surface area contributed by atoms with Crippen molar-refractivity contribution in [3.63, 3.8) is 0 Å². The number of halogens is 1. The third-order valence-corrected chi connectivity index (χ3v) is 7.48. The van der Waals surface area contributed by atoms with E-state index in [1.807, 2.05) is 54.6 Å². The quantitative estimate of drug-likeness (QED) is 0.309. The van der Waals surface area contributed by atoms with Crippen molar-refractivity contribution >= 4 is 40.7 Å². The van der Waals surface area contributed by atoms with Crippen LogP contribution in [-0.2, 0) is 9.53 Å². The molecule has 0 fully saturated rings. The highest BCUT2D eigenvalue weighted by molar-refractivity contribution is 7.07. The average molecular weight is 561 g/mol. The van der Waals surface area contributed by atoms with Crippen molar-refractivity contribution in [3.8, 4) is 11.5 Å². The van der Waals surface area contributed by atoms with Crippen LogP contribution in [0.25, 0.3) is 11.8 Å². The van der Waals surface area contributed by atoms with E-state index < -0.39 is 12.0 Å². The number of hydrogen-bond donors (Lipinski definition) is 0. The number of methoxy groups -OCH3 is 2. The third kappa shape index (κ3) is 5.13. The second-order valence-electron chi connectivity index (χ2n) is 8.59. The molecule has 198 valence electrons. The summed E-state index contributed by atoms with van der Waals surface area (Å²) in [5.41, 5.74) is 2.51. The lowest BCUT2D eigenvalue weighted by atomic mass is 9.93. The van der Waals surface area contributed by atoms with E-state index >= 15 is 0 Å². The maximum atomic E-state index is 14.0. The highest BCUT2D eigenvalue weighted by Gasteiger charge is 2.35. The smallest absolute Gasteiger partial charge is 0.338 e. The molecule has 0 amide bonds. The van der Waals surface area contributed by atoms with Gasteiger partial charge in [0.1, 0.15) is 11.5 Å². The first-order valence-corrected chi connectivity index (χ1v) is 13.4. The zero-order chi connectivity index (χ0) is 27.5. The number of carbonyl (C=O) groups is 1. The van der Waals surface area contributed by atoms with Gasteiger partial charge in [0.15, 0.2) is 4.80 Å². The Bertz CT molecular complexity index is 1760. The zero-order valence-electron chi connectivity index (χ0n) is 21.5. The molecule has 9 heteroatoms. The van der Waals surface area contributed by atoms with Crippen LogP contribution >= 0.6 is 22.9 Å². The molecule has 1 aliphatic rings. The normalized spacial score (nSPS) is 15.0. The fourth-order valence-corrected chi connectivity index (χ4v) is 5.70. The fourth-order valence-electron chi connectivity index (χ4n) is 4.53. The maximum Gasteiger partial charge on any atom is 0.338 e. The molecule has 1 atom stereocenters. The Morgan fingerprint density at radius 3 is 2.56 bits per heavy atom. The van der Waals surface area contributed by atoms with E-state index in [2.05, 4.69) is 0 Å². The first-order valence-electron chi connectivity index (χ1n) is 12.2. The van der Waals surface area contributed by atoms with Crippen LogP contribution in [-0.4, -0.2) is 31.4 Å². The fraction of sp³-hybridized carbons (Fsp3) is 0.167. The summed E-state index contributed by atoms with van der Waals surface area (Å²) in [6.45, 7) is 1.92. The number of benzene rings is 3. The van der Waals surface area contributed by atoms with Crippen molar-refractivity contribution in [2.45, 2.75) is 13.0 Å². The molecular weight excluding hydrogens is 536 g/mol. The number of hydrogen-bond acceptors (Lipinski definition) is 7. The Morgan fingerprint density at radius 1 is 1.05 bits per heavy atom. The molecule has 0 aliphatic carbocycles. The van der Waals surface area contributed by atoms with Crippen molar-refractivity contribution in [2.75, 3.05) is 20.8 Å². The van der Waals surface area contributed by atoms with E-state index in [9.17, 15) is 9.59 Å². The Kier molecular flexibility index (Phi) is 7.67. The summed E-state index contributed by atoms with van der Waals surface area (Å²) in [7, 11) is 3.13. The van der Waals surface area contributed by atoms with Gasteiger partial charge in [0.25, 0.3) is 5.56 Å². The molecule has 0 saturated heterocycles. The molecule has 4 aromatic rings. The summed E-state index contributed by atoms with van der Waals surface area (Å²) in [6.07, 6.45) is 1.73. The lowest BCUT2D eigenvalue weighted by Crippen LogP contribution is -2.40. The monoisotopic (exact) mass is 560 g/mol. The number of nitrogens with zero attached hydrogens (tertiary/aromatic N) is 2. The molecule has 0 bridgehead atoms. The SMILES string of the molecule is CCOC(=O)C1=C(c2ccccc2)N=c2s/c(=C\c3cc(Cl)ccc3OC)c(=O)n2[C@@H]1c1cccc(OC)c1. The number of aromatic nitrogens is 1. The minimum absolute atomic E-state index is 0.175. The second kappa shape index (κ2) is 11.3. The second-order valence-corrected chi connectivity index (χ2v) is 10.0. The van der Waals surface area contributed by atoms with Gasteiger partial charge in [-0.1, -0.05) is 65.4 Å². The summed E-state index contributed by atoms with van der Waals surface area (Å²) in [5.74, 6) is 0.630. The van der Waals surface area contributed by atoms with Crippen molar-refractivity contribution in [2.24, 2.45) is 4.99 Å². The molecule has 1 aliphatic heterocycles. The topological polar surface area (TPSA) is 79.1 Å². The number of thiazole rings is 1. The van der Waals surface area contributed by atoms with Crippen LogP contribution in [0.5, 0.6) is 11.5 Å². The summed E-state index contributed by atoms with van der Waals surface area (Å²) < 4.78 is 18.4. The maximum absolute atomic E-state index is 14.0. The Hall–Kier alpha value is -4.14. The molecule has 0 N–H and O–H groups in total. The van der Waals surface area contributed by atoms with Gasteiger partial charge in [-0.15, -0.1) is 0 Å². The average Bonchev–Trinajstić information content (AvgIpc) is 3.27. The molecule has 0 spiro atoms. The van der Waals surface area contributed by atoms with Crippen molar-refractivity contribution in [1.29, 1.82) is 0 Å². The van der Waals surface area contributed by atoms with Crippen LogP contribution in [0.4, 0.5) is 0 Å². The first-order chi connectivity index (χ1) is 18.9. The van der Waals surface area contributed by atoms with E-state index in [0.717, 1.165) is 5.56 Å². The summed E-state index contributed by atoms with van der Waals surface area (Å²) in [6, 6.07) is 21.1. The van der Waals surface area contributed by atoms with Gasteiger partial charge in [-0.2, -0.15) is 0 Å². The highest BCUT2D eigenvalue weighted by Crippen LogP contribution is 2.36. The predicted molar refractivity (Wildman–Crippen MR) is 152 cm³/mol. The van der Waals surface area contributed by atoms with Gasteiger partial charge in [-0.05, 0) is 48.9 Å². The number of rotatable bonds is 7. The number of esters is 1. The largest absolute Gasteiger partial charge is 0.497 e. The van der Waals surface area contributed by atoms with Gasteiger partial charge >= 0.3 is 5.97 Å². The lowest BCUT2D eigenvalue weighted by Gasteiger charge is -2.26. The minimum atomic E-state index is -0.797. The number of fused-ring (bicyclic) bond motifs is 1. The van der Waals surface area contributed by atoms with Gasteiger partial charge < -0.3 is 14.2 Å². The Morgan fingerprint density at radius 2 is 1.85 bits per heavy atom. The van der Waals surface area contributed by atoms with E-state index in [1.165, 1.54) is 11.3 Å². The van der Waals surface area contributed by atoms with Crippen molar-refractivity contribution in [1.82, 2.24) is 4.57 Å². The third-order valence-electron chi connectivity index (χ3n) is 6.26. The van der Waals surface area contributed by atoms with Gasteiger partial charge in [0.2, 0.25) is 0 Å². The highest BCUT2D eigenvalue weighted by atomic mass is 35.5. The minimum Gasteiger partial charge on any atom is -0.497 e. The summed E-state index contributed by atoms with van der Waals surface area (Å²) >= 11 is 7.47. The van der Waals surface area contributed by atoms with Crippen LogP contribution in [0.2, 0.25) is 5.02 Å². The molecule has 5 rings (SSSR count). The van der Waals surface area contributed by atoms with E-state index in [4.69, 9.17) is 30.8 Å². The molecule has 0 saturated carbocycles. The van der Waals surface area contributed by atoms with E-state index in [1.54, 1.807) is 50.0 Å². The zero-order valence-corrected chi connectivity index (χ0v) is 23.1. The summed E-state index contributed by atoms with van der Waals surface area (Å²) in [4.78, 5) is 32.9. The van der Waals surface area contributed by atoms with Crippen LogP contribution in [0.3, 0.4) is 0 Å². The lowest BCUT2D eigenvalue weighted by molar-refractivity contribution is -0.138. The predicted octanol–water partition coefficient (Wildman–Crippen LogP) is 4.61. The van der Waals surface area contributed by atoms with Crippen LogP contribution in [0.1, 0.15) is 29.7 Å². The van der Waals surface area contributed by atoms with Crippen LogP contribution < -0.4 is 24.4 Å². The molecule has 3 aromatic carbocycles. The van der Waals surface area contributed by atoms with Crippen LogP contribution in [0.15, 0.2) is 88.2 Å². The van der Waals surface area contributed by atoms with Gasteiger partial charge in [0, 0.05) is 16.1 Å². The number of ether oxygens (including phenoxy) is 3. The standard InChI is InChI=1S/C30H25ClN2O5S/c1-4-38-29(35)25-26(18-9-6-5-7-10-18)32-30-33(27(25)19-11-8-12-22(16-19)36-2)28(34)24(39-30)17-20-15-21(31)13-14-23(20)37-3/h5-17,27H,4H2,1-3H3/b24-17-/t27-/m1/s1. The molecule has 0 radical (unpaired) electrons. The molecular formula is C30H25ClN2O5S. The molecule has 7 nitrogen and oxygen atoms in total. The Balaban J connectivity index is 1.85. The van der Waals surface area contributed by atoms with Crippen LogP contribution in [0, 0.1) is 0 Å². The van der Waals surface area contributed by atoms with Crippen molar-refractivity contribution in [3.05, 3.63) is 120 Å². The number of carbonyl (C=O) groups excluding carboxylic acids is 1.